The Bertz CT molecular complexity index is 414. The van der Waals surface area contributed by atoms with Crippen LogP contribution in [0.2, 0.25) is 0 Å². The molecule has 19 heavy (non-hydrogen) atoms. The predicted octanol–water partition coefficient (Wildman–Crippen LogP) is 2.77. The molecule has 1 aromatic rings. The van der Waals surface area contributed by atoms with Gasteiger partial charge in [-0.1, -0.05) is 12.1 Å². The summed E-state index contributed by atoms with van der Waals surface area (Å²) in [5, 5.41) is 0. The predicted molar refractivity (Wildman–Crippen MR) is 70.3 cm³/mol. The molecule has 0 amide bonds. The summed E-state index contributed by atoms with van der Waals surface area (Å²) >= 11 is 0. The zero-order valence-corrected chi connectivity index (χ0v) is 11.1. The van der Waals surface area contributed by atoms with E-state index in [9.17, 15) is 8.78 Å². The van der Waals surface area contributed by atoms with Crippen LogP contribution in [0.15, 0.2) is 24.3 Å². The summed E-state index contributed by atoms with van der Waals surface area (Å²) in [6.07, 6.45) is 2.24. The zero-order valence-electron chi connectivity index (χ0n) is 11.1. The van der Waals surface area contributed by atoms with Crippen LogP contribution in [0.5, 0.6) is 5.75 Å². The van der Waals surface area contributed by atoms with Crippen molar-refractivity contribution in [2.24, 2.45) is 5.73 Å². The standard InChI is InChI=1S/C14H20F2N2O/c1-10(18-7-3-5-12(18)9-17)11-4-2-6-13(8-11)19-14(15)16/h2,4,6,8,10,12,14H,3,5,7,9,17H2,1H3. The Balaban J connectivity index is 2.12. The highest BCUT2D eigenvalue weighted by Gasteiger charge is 2.28. The number of nitrogens with two attached hydrogens (primary N) is 1. The van der Waals surface area contributed by atoms with Gasteiger partial charge >= 0.3 is 6.61 Å². The van der Waals surface area contributed by atoms with Crippen LogP contribution in [0.1, 0.15) is 31.4 Å². The van der Waals surface area contributed by atoms with E-state index >= 15 is 0 Å². The Hall–Kier alpha value is -1.20. The van der Waals surface area contributed by atoms with Gasteiger partial charge in [-0.2, -0.15) is 8.78 Å². The molecule has 1 aliphatic rings. The van der Waals surface area contributed by atoms with Crippen molar-refractivity contribution in [2.45, 2.75) is 38.5 Å². The SMILES string of the molecule is CC(c1cccc(OC(F)F)c1)N1CCCC1CN. The summed E-state index contributed by atoms with van der Waals surface area (Å²) in [6.45, 7) is 0.935. The Morgan fingerprint density at radius 1 is 1.47 bits per heavy atom. The largest absolute Gasteiger partial charge is 0.435 e. The monoisotopic (exact) mass is 270 g/mol. The fourth-order valence-corrected chi connectivity index (χ4v) is 2.76. The van der Waals surface area contributed by atoms with Crippen LogP contribution in [0.25, 0.3) is 0 Å². The minimum Gasteiger partial charge on any atom is -0.435 e. The van der Waals surface area contributed by atoms with Crippen molar-refractivity contribution >= 4 is 0 Å². The van der Waals surface area contributed by atoms with E-state index in [-0.39, 0.29) is 11.8 Å². The lowest BCUT2D eigenvalue weighted by Crippen LogP contribution is -2.37. The van der Waals surface area contributed by atoms with Gasteiger partial charge < -0.3 is 10.5 Å². The lowest BCUT2D eigenvalue weighted by Gasteiger charge is -2.30. The number of nitrogens with zero attached hydrogens (tertiary/aromatic N) is 1. The molecule has 0 aromatic heterocycles. The van der Waals surface area contributed by atoms with E-state index in [4.69, 9.17) is 5.73 Å². The van der Waals surface area contributed by atoms with Gasteiger partial charge in [0.2, 0.25) is 0 Å². The fraction of sp³-hybridized carbons (Fsp3) is 0.571. The van der Waals surface area contributed by atoms with Gasteiger partial charge in [0.15, 0.2) is 0 Å². The van der Waals surface area contributed by atoms with Crippen molar-refractivity contribution in [3.05, 3.63) is 29.8 Å². The molecule has 5 heteroatoms. The third-order valence-electron chi connectivity index (χ3n) is 3.76. The van der Waals surface area contributed by atoms with Crippen molar-refractivity contribution in [3.8, 4) is 5.75 Å². The van der Waals surface area contributed by atoms with Crippen LogP contribution >= 0.6 is 0 Å². The van der Waals surface area contributed by atoms with Crippen molar-refractivity contribution in [3.63, 3.8) is 0 Å². The number of ether oxygens (including phenoxy) is 1. The first-order chi connectivity index (χ1) is 9.11. The zero-order chi connectivity index (χ0) is 13.8. The highest BCUT2D eigenvalue weighted by atomic mass is 19.3. The lowest BCUT2D eigenvalue weighted by molar-refractivity contribution is -0.0499. The molecule has 2 rings (SSSR count). The van der Waals surface area contributed by atoms with Crippen molar-refractivity contribution in [2.75, 3.05) is 13.1 Å². The molecule has 0 aliphatic carbocycles. The number of rotatable bonds is 5. The molecule has 0 radical (unpaired) electrons. The quantitative estimate of drug-likeness (QED) is 0.894. The molecule has 1 saturated heterocycles. The Morgan fingerprint density at radius 3 is 2.95 bits per heavy atom. The second-order valence-corrected chi connectivity index (χ2v) is 4.90. The Labute approximate surface area is 112 Å². The highest BCUT2D eigenvalue weighted by Crippen LogP contribution is 2.30. The highest BCUT2D eigenvalue weighted by molar-refractivity contribution is 5.30. The van der Waals surface area contributed by atoms with Gasteiger partial charge in [-0.3, -0.25) is 4.90 Å². The third-order valence-corrected chi connectivity index (χ3v) is 3.76. The van der Waals surface area contributed by atoms with Crippen LogP contribution in [-0.2, 0) is 0 Å². The van der Waals surface area contributed by atoms with E-state index in [2.05, 4.69) is 16.6 Å². The second-order valence-electron chi connectivity index (χ2n) is 4.90. The van der Waals surface area contributed by atoms with E-state index < -0.39 is 6.61 Å². The molecule has 106 valence electrons. The lowest BCUT2D eigenvalue weighted by atomic mass is 10.1. The van der Waals surface area contributed by atoms with Crippen LogP contribution in [0.4, 0.5) is 8.78 Å². The number of hydrogen-bond acceptors (Lipinski definition) is 3. The molecule has 2 atom stereocenters. The van der Waals surface area contributed by atoms with Crippen molar-refractivity contribution in [1.29, 1.82) is 0 Å². The summed E-state index contributed by atoms with van der Waals surface area (Å²) in [4.78, 5) is 2.33. The smallest absolute Gasteiger partial charge is 0.387 e. The van der Waals surface area contributed by atoms with E-state index in [1.165, 1.54) is 0 Å². The summed E-state index contributed by atoms with van der Waals surface area (Å²) in [5.74, 6) is 0.211. The molecular formula is C14H20F2N2O. The van der Waals surface area contributed by atoms with Gasteiger partial charge in [0.25, 0.3) is 0 Å². The minimum atomic E-state index is -2.78. The number of halogens is 2. The maximum atomic E-state index is 12.2. The van der Waals surface area contributed by atoms with Crippen molar-refractivity contribution in [1.82, 2.24) is 4.90 Å². The van der Waals surface area contributed by atoms with Gasteiger partial charge in [0.05, 0.1) is 0 Å². The molecule has 0 spiro atoms. The minimum absolute atomic E-state index is 0.164. The van der Waals surface area contributed by atoms with Gasteiger partial charge in [-0.05, 0) is 44.0 Å². The summed E-state index contributed by atoms with van der Waals surface area (Å²) in [6, 6.07) is 7.47. The Morgan fingerprint density at radius 2 is 2.26 bits per heavy atom. The first-order valence-corrected chi connectivity index (χ1v) is 6.62. The van der Waals surface area contributed by atoms with Gasteiger partial charge in [-0.15, -0.1) is 0 Å². The van der Waals surface area contributed by atoms with Crippen LogP contribution < -0.4 is 10.5 Å². The maximum Gasteiger partial charge on any atom is 0.387 e. The third kappa shape index (κ3) is 3.42. The maximum absolute atomic E-state index is 12.2. The van der Waals surface area contributed by atoms with E-state index in [0.29, 0.717) is 12.6 Å². The fourth-order valence-electron chi connectivity index (χ4n) is 2.76. The second kappa shape index (κ2) is 6.30. The van der Waals surface area contributed by atoms with Gasteiger partial charge in [-0.25, -0.2) is 0 Å². The normalized spacial score (nSPS) is 21.8. The van der Waals surface area contributed by atoms with Crippen LogP contribution in [-0.4, -0.2) is 30.6 Å². The molecule has 0 bridgehead atoms. The molecule has 2 unspecified atom stereocenters. The number of likely N-dealkylation sites (tertiary alicyclic amines) is 1. The van der Waals surface area contributed by atoms with E-state index in [0.717, 1.165) is 24.9 Å². The first-order valence-electron chi connectivity index (χ1n) is 6.62. The van der Waals surface area contributed by atoms with Crippen LogP contribution in [0.3, 0.4) is 0 Å². The van der Waals surface area contributed by atoms with E-state index in [1.807, 2.05) is 6.07 Å². The molecular weight excluding hydrogens is 250 g/mol. The molecule has 1 aliphatic heterocycles. The molecule has 2 N–H and O–H groups in total. The summed E-state index contributed by atoms with van der Waals surface area (Å²) < 4.78 is 28.9. The molecule has 3 nitrogen and oxygen atoms in total. The topological polar surface area (TPSA) is 38.5 Å². The molecule has 1 fully saturated rings. The molecule has 1 aromatic carbocycles. The van der Waals surface area contributed by atoms with E-state index in [1.54, 1.807) is 18.2 Å². The molecule has 1 heterocycles. The van der Waals surface area contributed by atoms with Crippen molar-refractivity contribution < 1.29 is 13.5 Å². The average molecular weight is 270 g/mol. The number of benzene rings is 1. The number of hydrogen-bond donors (Lipinski definition) is 1. The molecule has 0 saturated carbocycles. The summed E-state index contributed by atoms with van der Waals surface area (Å²) in [5.41, 5.74) is 6.76. The summed E-state index contributed by atoms with van der Waals surface area (Å²) in [7, 11) is 0. The average Bonchev–Trinajstić information content (AvgIpc) is 2.85. The van der Waals surface area contributed by atoms with Gasteiger partial charge in [0, 0.05) is 18.6 Å². The number of alkyl halides is 2. The Kier molecular flexibility index (Phi) is 4.71. The van der Waals surface area contributed by atoms with Gasteiger partial charge in [0.1, 0.15) is 5.75 Å². The van der Waals surface area contributed by atoms with Crippen LogP contribution in [0, 0.1) is 0 Å². The first kappa shape index (κ1) is 14.2.